The zero-order valence-corrected chi connectivity index (χ0v) is 16.7. The number of pyridine rings is 1. The molecule has 0 unspecified atom stereocenters. The minimum Gasteiger partial charge on any atom is -0.467 e. The lowest BCUT2D eigenvalue weighted by Gasteiger charge is -2.23. The number of carbonyl (C=O) groups excluding carboxylic acids is 1. The van der Waals surface area contributed by atoms with Gasteiger partial charge in [-0.3, -0.25) is 10.2 Å². The summed E-state index contributed by atoms with van der Waals surface area (Å²) in [6.07, 6.45) is -3.91. The summed E-state index contributed by atoms with van der Waals surface area (Å²) in [6, 6.07) is 0.794. The first-order chi connectivity index (χ1) is 15.2. The minimum atomic E-state index is -4.63. The summed E-state index contributed by atoms with van der Waals surface area (Å²) in [5, 5.41) is 8.99. The molecule has 1 atom stereocenters. The molecule has 0 fully saturated rings. The third-order valence-electron chi connectivity index (χ3n) is 3.95. The molecule has 0 aromatic carbocycles. The second-order valence-corrected chi connectivity index (χ2v) is 6.50. The summed E-state index contributed by atoms with van der Waals surface area (Å²) in [4.78, 5) is 23.1. The van der Waals surface area contributed by atoms with Crippen LogP contribution in [0.3, 0.4) is 0 Å². The van der Waals surface area contributed by atoms with Crippen LogP contribution < -0.4 is 21.5 Å². The van der Waals surface area contributed by atoms with Crippen molar-refractivity contribution in [2.24, 2.45) is 5.73 Å². The predicted molar refractivity (Wildman–Crippen MR) is 101 cm³/mol. The lowest BCUT2D eigenvalue weighted by Crippen LogP contribution is -2.34. The first-order valence-electron chi connectivity index (χ1n) is 8.84. The smallest absolute Gasteiger partial charge is 0.422 e. The highest BCUT2D eigenvalue weighted by Crippen LogP contribution is 2.34. The molecule has 0 bridgehead atoms. The van der Waals surface area contributed by atoms with Gasteiger partial charge >= 0.3 is 6.18 Å². The van der Waals surface area contributed by atoms with Crippen LogP contribution in [0.5, 0.6) is 5.88 Å². The van der Waals surface area contributed by atoms with Crippen LogP contribution in [0, 0.1) is 11.2 Å². The van der Waals surface area contributed by atoms with Crippen molar-refractivity contribution >= 4 is 23.6 Å². The van der Waals surface area contributed by atoms with E-state index in [4.69, 9.17) is 16.9 Å². The van der Waals surface area contributed by atoms with Gasteiger partial charge in [0.2, 0.25) is 5.88 Å². The van der Waals surface area contributed by atoms with Gasteiger partial charge in [-0.15, -0.1) is 0 Å². The number of carbonyl (C=O) groups is 1. The van der Waals surface area contributed by atoms with E-state index in [2.05, 4.69) is 29.7 Å². The number of nitrogens with two attached hydrogens (primary N) is 2. The van der Waals surface area contributed by atoms with E-state index in [1.807, 2.05) is 0 Å². The number of alkyl halides is 5. The standard InChI is InChI=1S/C17H17F6N7O3/c1-7(16(19,20)5-33-15(25)26)11-8(18)2-3-9(28-11)29-14(31)12-13(24)30-10(4-27-12)32-6-17(21,22)23/h2-4,7H,5-6H2,1H3,(H2,24,30)(H3,25,26)(H,28,29,31)/t7-/m0/s1. The van der Waals surface area contributed by atoms with Crippen LogP contribution in [0.25, 0.3) is 0 Å². The lowest BCUT2D eigenvalue weighted by atomic mass is 9.99. The van der Waals surface area contributed by atoms with Crippen molar-refractivity contribution in [2.75, 3.05) is 24.3 Å². The fourth-order valence-corrected chi connectivity index (χ4v) is 2.29. The number of halogens is 6. The van der Waals surface area contributed by atoms with Crippen LogP contribution in [-0.4, -0.2) is 52.2 Å². The maximum atomic E-state index is 14.2. The number of rotatable bonds is 8. The van der Waals surface area contributed by atoms with E-state index in [-0.39, 0.29) is 5.82 Å². The van der Waals surface area contributed by atoms with Crippen molar-refractivity contribution < 1.29 is 40.6 Å². The Hall–Kier alpha value is -3.85. The van der Waals surface area contributed by atoms with Crippen LogP contribution in [0.2, 0.25) is 0 Å². The molecular weight excluding hydrogens is 464 g/mol. The van der Waals surface area contributed by atoms with Crippen molar-refractivity contribution in [3.05, 3.63) is 35.5 Å². The molecular formula is C17H17F6N7O3. The summed E-state index contributed by atoms with van der Waals surface area (Å²) in [5.74, 6) is -9.21. The van der Waals surface area contributed by atoms with Gasteiger partial charge in [-0.1, -0.05) is 6.92 Å². The average Bonchev–Trinajstić information content (AvgIpc) is 2.71. The van der Waals surface area contributed by atoms with Gasteiger partial charge in [0.15, 0.2) is 24.7 Å². The zero-order chi connectivity index (χ0) is 25.0. The Labute approximate surface area is 181 Å². The predicted octanol–water partition coefficient (Wildman–Crippen LogP) is 2.44. The fourth-order valence-electron chi connectivity index (χ4n) is 2.29. The number of anilines is 2. The molecule has 6 N–H and O–H groups in total. The Bertz CT molecular complexity index is 1030. The highest BCUT2D eigenvalue weighted by Gasteiger charge is 2.41. The molecule has 1 amide bonds. The van der Waals surface area contributed by atoms with E-state index in [0.717, 1.165) is 25.3 Å². The largest absolute Gasteiger partial charge is 0.467 e. The van der Waals surface area contributed by atoms with Crippen LogP contribution in [0.4, 0.5) is 38.0 Å². The normalized spacial score (nSPS) is 12.7. The quantitative estimate of drug-likeness (QED) is 0.254. The molecule has 0 saturated carbocycles. The van der Waals surface area contributed by atoms with Crippen molar-refractivity contribution in [1.82, 2.24) is 15.0 Å². The fraction of sp³-hybridized carbons (Fsp3) is 0.353. The van der Waals surface area contributed by atoms with Crippen LogP contribution in [0.1, 0.15) is 29.0 Å². The molecule has 0 radical (unpaired) electrons. The number of aromatic nitrogens is 3. The summed E-state index contributed by atoms with van der Waals surface area (Å²) in [7, 11) is 0. The minimum absolute atomic E-state index is 0.356. The molecule has 0 saturated heterocycles. The molecule has 16 heteroatoms. The zero-order valence-electron chi connectivity index (χ0n) is 16.7. The number of hydrogen-bond acceptors (Lipinski definition) is 8. The second-order valence-electron chi connectivity index (χ2n) is 6.50. The molecule has 2 aromatic rings. The average molecular weight is 481 g/mol. The molecule has 2 rings (SSSR count). The summed E-state index contributed by atoms with van der Waals surface area (Å²) < 4.78 is 87.8. The summed E-state index contributed by atoms with van der Waals surface area (Å²) in [6.45, 7) is -2.02. The number of amidine groups is 1. The van der Waals surface area contributed by atoms with Crippen molar-refractivity contribution in [2.45, 2.75) is 24.9 Å². The van der Waals surface area contributed by atoms with E-state index in [9.17, 15) is 31.1 Å². The number of amides is 1. The molecule has 33 heavy (non-hydrogen) atoms. The summed E-state index contributed by atoms with van der Waals surface area (Å²) in [5.41, 5.74) is 9.13. The van der Waals surface area contributed by atoms with Crippen LogP contribution in [0.15, 0.2) is 18.3 Å². The number of nitrogens with one attached hydrogen (secondary N) is 2. The maximum absolute atomic E-state index is 14.2. The van der Waals surface area contributed by atoms with E-state index >= 15 is 0 Å². The van der Waals surface area contributed by atoms with Gasteiger partial charge in [0.05, 0.1) is 17.8 Å². The second kappa shape index (κ2) is 9.74. The van der Waals surface area contributed by atoms with Gasteiger partial charge in [-0.05, 0) is 12.1 Å². The first kappa shape index (κ1) is 25.4. The monoisotopic (exact) mass is 481 g/mol. The number of ether oxygens (including phenoxy) is 2. The molecule has 0 spiro atoms. The number of nitrogen functional groups attached to an aromatic ring is 1. The van der Waals surface area contributed by atoms with Gasteiger partial charge < -0.3 is 26.3 Å². The van der Waals surface area contributed by atoms with Crippen LogP contribution in [-0.2, 0) is 4.74 Å². The molecule has 0 aliphatic rings. The molecule has 2 aromatic heterocycles. The lowest BCUT2D eigenvalue weighted by molar-refractivity contribution is -0.154. The van der Waals surface area contributed by atoms with Gasteiger partial charge in [0.1, 0.15) is 11.6 Å². The Kier molecular flexibility index (Phi) is 7.50. The van der Waals surface area contributed by atoms with Gasteiger partial charge in [0, 0.05) is 0 Å². The third-order valence-corrected chi connectivity index (χ3v) is 3.95. The Morgan fingerprint density at radius 2 is 1.88 bits per heavy atom. The Morgan fingerprint density at radius 1 is 1.21 bits per heavy atom. The van der Waals surface area contributed by atoms with E-state index in [1.54, 1.807) is 0 Å². The van der Waals surface area contributed by atoms with Crippen molar-refractivity contribution in [3.63, 3.8) is 0 Å². The maximum Gasteiger partial charge on any atom is 0.422 e. The Morgan fingerprint density at radius 3 is 2.45 bits per heavy atom. The number of nitrogens with zero attached hydrogens (tertiary/aromatic N) is 3. The Balaban J connectivity index is 2.18. The van der Waals surface area contributed by atoms with Gasteiger partial charge in [-0.25, -0.2) is 23.1 Å². The molecule has 10 nitrogen and oxygen atoms in total. The highest BCUT2D eigenvalue weighted by molar-refractivity contribution is 6.05. The topological polar surface area (TPSA) is 162 Å². The van der Waals surface area contributed by atoms with Crippen LogP contribution >= 0.6 is 0 Å². The van der Waals surface area contributed by atoms with Crippen molar-refractivity contribution in [1.29, 1.82) is 5.41 Å². The molecule has 0 aliphatic carbocycles. The SMILES string of the molecule is C[C@@H](c1nc(NC(=O)c2ncc(OCC(F)(F)F)nc2N)ccc1F)C(F)(F)COC(=N)N. The van der Waals surface area contributed by atoms with Crippen molar-refractivity contribution in [3.8, 4) is 5.88 Å². The van der Waals surface area contributed by atoms with E-state index < -0.39 is 72.1 Å². The van der Waals surface area contributed by atoms with Gasteiger partial charge in [0.25, 0.3) is 17.9 Å². The van der Waals surface area contributed by atoms with Gasteiger partial charge in [-0.2, -0.15) is 18.2 Å². The highest BCUT2D eigenvalue weighted by atomic mass is 19.4. The molecule has 0 aliphatic heterocycles. The first-order valence-corrected chi connectivity index (χ1v) is 8.84. The molecule has 2 heterocycles. The molecule has 180 valence electrons. The van der Waals surface area contributed by atoms with E-state index in [0.29, 0.717) is 0 Å². The third kappa shape index (κ3) is 7.08. The number of hydrogen-bond donors (Lipinski definition) is 4. The summed E-state index contributed by atoms with van der Waals surface area (Å²) >= 11 is 0. The van der Waals surface area contributed by atoms with E-state index in [1.165, 1.54) is 0 Å².